The number of carbonyl (C=O) groups excluding carboxylic acids is 2. The van der Waals surface area contributed by atoms with Crippen LogP contribution in [-0.4, -0.2) is 23.7 Å². The number of quaternary nitrogens is 1. The maximum atomic E-state index is 13.3. The number of hydroxylamine groups is 1. The molecular weight excluding hydrogens is 462 g/mol. The molecule has 0 saturated carbocycles. The van der Waals surface area contributed by atoms with Crippen LogP contribution in [0.25, 0.3) is 0 Å². The van der Waals surface area contributed by atoms with Crippen LogP contribution in [0.1, 0.15) is 175 Å². The molecule has 0 bridgehead atoms. The monoisotopic (exact) mass is 525 g/mol. The number of hydrogen-bond acceptors (Lipinski definition) is 3. The standard InChI is InChI=1S/C31H63N3O3/c1-4-7-9-11-13-15-17-19-21-23-25-27-30(31(6-3)34(37,32-28-35)33-29-36)26-24-22-20-18-16-14-12-10-8-5-2/h28-31H,4-27H2,1-3H3,(H,32,35)(H,33,36). The number of carbonyl (C=O) groups is 2. The lowest BCUT2D eigenvalue weighted by Crippen LogP contribution is -2.68. The Kier molecular flexibility index (Phi) is 25.7. The third-order valence-corrected chi connectivity index (χ3v) is 8.03. The van der Waals surface area contributed by atoms with Crippen molar-refractivity contribution in [3.8, 4) is 0 Å². The van der Waals surface area contributed by atoms with Gasteiger partial charge in [0, 0.05) is 12.3 Å². The van der Waals surface area contributed by atoms with Crippen molar-refractivity contribution in [1.29, 1.82) is 0 Å². The van der Waals surface area contributed by atoms with Crippen molar-refractivity contribution in [2.24, 2.45) is 5.92 Å². The van der Waals surface area contributed by atoms with E-state index in [1.807, 2.05) is 6.92 Å². The molecule has 220 valence electrons. The molecule has 2 atom stereocenters. The third-order valence-electron chi connectivity index (χ3n) is 8.03. The number of unbranched alkanes of at least 4 members (excludes halogenated alkanes) is 19. The highest BCUT2D eigenvalue weighted by molar-refractivity contribution is 5.46. The Labute approximate surface area is 230 Å². The fourth-order valence-corrected chi connectivity index (χ4v) is 5.77. The number of nitrogens with one attached hydrogen (secondary N) is 2. The van der Waals surface area contributed by atoms with Gasteiger partial charge in [-0.2, -0.15) is 10.9 Å². The van der Waals surface area contributed by atoms with Crippen molar-refractivity contribution in [3.63, 3.8) is 0 Å². The molecule has 0 aromatic rings. The fraction of sp³-hybridized carbons (Fsp3) is 0.935. The lowest BCUT2D eigenvalue weighted by atomic mass is 9.86. The topological polar surface area (TPSA) is 81.3 Å². The van der Waals surface area contributed by atoms with Crippen LogP contribution in [0.4, 0.5) is 0 Å². The zero-order chi connectivity index (χ0) is 27.5. The summed E-state index contributed by atoms with van der Waals surface area (Å²) in [5, 5.41) is 13.3. The van der Waals surface area contributed by atoms with Crippen molar-refractivity contribution in [1.82, 2.24) is 10.9 Å². The summed E-state index contributed by atoms with van der Waals surface area (Å²) in [6.45, 7) is 6.51. The summed E-state index contributed by atoms with van der Waals surface area (Å²) < 4.78 is 0. The van der Waals surface area contributed by atoms with E-state index in [1.54, 1.807) is 0 Å². The van der Waals surface area contributed by atoms with Crippen LogP contribution in [-0.2, 0) is 9.59 Å². The molecule has 2 amide bonds. The summed E-state index contributed by atoms with van der Waals surface area (Å²) in [4.78, 5) is 21.2. The first kappa shape index (κ1) is 35.9. The molecule has 0 spiro atoms. The van der Waals surface area contributed by atoms with Gasteiger partial charge in [-0.05, 0) is 12.8 Å². The first-order chi connectivity index (χ1) is 18.1. The molecule has 6 nitrogen and oxygen atoms in total. The quantitative estimate of drug-likeness (QED) is 0.0425. The van der Waals surface area contributed by atoms with E-state index in [4.69, 9.17) is 0 Å². The van der Waals surface area contributed by atoms with E-state index in [2.05, 4.69) is 24.7 Å². The Morgan fingerprint density at radius 2 is 0.838 bits per heavy atom. The van der Waals surface area contributed by atoms with Crippen LogP contribution in [0.5, 0.6) is 0 Å². The van der Waals surface area contributed by atoms with Gasteiger partial charge in [0.25, 0.3) is 12.8 Å². The number of hydrogen-bond donors (Lipinski definition) is 2. The van der Waals surface area contributed by atoms with E-state index < -0.39 is 4.86 Å². The third kappa shape index (κ3) is 19.6. The van der Waals surface area contributed by atoms with Gasteiger partial charge in [-0.15, -0.1) is 4.86 Å². The van der Waals surface area contributed by atoms with Gasteiger partial charge in [0.1, 0.15) is 6.04 Å². The van der Waals surface area contributed by atoms with Gasteiger partial charge in [-0.1, -0.05) is 156 Å². The molecule has 0 aliphatic rings. The lowest BCUT2D eigenvalue weighted by Gasteiger charge is -2.46. The Hall–Kier alpha value is -1.14. The Morgan fingerprint density at radius 1 is 0.541 bits per heavy atom. The van der Waals surface area contributed by atoms with E-state index in [-0.39, 0.29) is 12.0 Å². The van der Waals surface area contributed by atoms with E-state index in [0.717, 1.165) is 25.7 Å². The van der Waals surface area contributed by atoms with Gasteiger partial charge >= 0.3 is 0 Å². The minimum Gasteiger partial charge on any atom is -0.580 e. The molecule has 0 aliphatic heterocycles. The van der Waals surface area contributed by atoms with Crippen molar-refractivity contribution in [3.05, 3.63) is 5.21 Å². The first-order valence-corrected chi connectivity index (χ1v) is 16.1. The molecule has 2 unspecified atom stereocenters. The highest BCUT2D eigenvalue weighted by Crippen LogP contribution is 2.29. The highest BCUT2D eigenvalue weighted by Gasteiger charge is 2.35. The van der Waals surface area contributed by atoms with Crippen LogP contribution in [0.15, 0.2) is 0 Å². The van der Waals surface area contributed by atoms with Crippen molar-refractivity contribution >= 4 is 12.8 Å². The number of nitrogens with zero attached hydrogens (tertiary/aromatic N) is 1. The molecule has 37 heavy (non-hydrogen) atoms. The lowest BCUT2D eigenvalue weighted by molar-refractivity contribution is -0.974. The van der Waals surface area contributed by atoms with E-state index in [1.165, 1.54) is 122 Å². The fourth-order valence-electron chi connectivity index (χ4n) is 5.77. The molecule has 0 aromatic carbocycles. The van der Waals surface area contributed by atoms with Gasteiger partial charge in [0.15, 0.2) is 0 Å². The minimum atomic E-state index is -1.15. The normalized spacial score (nSPS) is 13.3. The number of amides is 2. The molecule has 6 heteroatoms. The Morgan fingerprint density at radius 3 is 1.11 bits per heavy atom. The molecule has 2 N–H and O–H groups in total. The average molecular weight is 526 g/mol. The van der Waals surface area contributed by atoms with Gasteiger partial charge in [0.05, 0.1) is 0 Å². The highest BCUT2D eigenvalue weighted by atomic mass is 16.6. The maximum Gasteiger partial charge on any atom is 0.255 e. The van der Waals surface area contributed by atoms with Crippen LogP contribution in [0, 0.1) is 11.1 Å². The van der Waals surface area contributed by atoms with E-state index >= 15 is 0 Å². The summed E-state index contributed by atoms with van der Waals surface area (Å²) >= 11 is 0. The molecule has 0 saturated heterocycles. The molecular formula is C31H63N3O3. The second-order valence-electron chi connectivity index (χ2n) is 11.2. The van der Waals surface area contributed by atoms with Crippen molar-refractivity contribution in [2.45, 2.75) is 181 Å². The Balaban J connectivity index is 4.50. The summed E-state index contributed by atoms with van der Waals surface area (Å²) in [5.74, 6) is 0.190. The predicted octanol–water partition coefficient (Wildman–Crippen LogP) is 9.03. The van der Waals surface area contributed by atoms with Crippen LogP contribution in [0.3, 0.4) is 0 Å². The Bertz CT molecular complexity index is 494. The van der Waals surface area contributed by atoms with Gasteiger partial charge in [0.2, 0.25) is 0 Å². The van der Waals surface area contributed by atoms with Gasteiger partial charge < -0.3 is 5.21 Å². The van der Waals surface area contributed by atoms with Crippen molar-refractivity contribution in [2.75, 3.05) is 0 Å². The van der Waals surface area contributed by atoms with E-state index in [9.17, 15) is 14.8 Å². The smallest absolute Gasteiger partial charge is 0.255 e. The zero-order valence-electron chi connectivity index (χ0n) is 25.0. The first-order valence-electron chi connectivity index (χ1n) is 16.1. The summed E-state index contributed by atoms with van der Waals surface area (Å²) in [7, 11) is 0. The molecule has 0 aliphatic carbocycles. The van der Waals surface area contributed by atoms with Gasteiger partial charge in [-0.3, -0.25) is 9.59 Å². The molecule has 0 heterocycles. The largest absolute Gasteiger partial charge is 0.580 e. The SMILES string of the molecule is CCCCCCCCCCCCCC(CCCCCCCCCCCC)C(CC)[N+]([O-])(NC=O)NC=O. The van der Waals surface area contributed by atoms with E-state index in [0.29, 0.717) is 19.2 Å². The van der Waals surface area contributed by atoms with Gasteiger partial charge in [-0.25, -0.2) is 0 Å². The summed E-state index contributed by atoms with van der Waals surface area (Å²) in [6.07, 6.45) is 30.7. The second-order valence-corrected chi connectivity index (χ2v) is 11.2. The van der Waals surface area contributed by atoms with Crippen molar-refractivity contribution < 1.29 is 14.5 Å². The molecule has 0 fully saturated rings. The number of rotatable bonds is 30. The summed E-state index contributed by atoms with van der Waals surface area (Å²) in [5.41, 5.74) is 4.67. The average Bonchev–Trinajstić information content (AvgIpc) is 2.88. The molecule has 0 radical (unpaired) electrons. The van der Waals surface area contributed by atoms with Crippen LogP contribution in [0.2, 0.25) is 0 Å². The van der Waals surface area contributed by atoms with Crippen LogP contribution >= 0.6 is 0 Å². The van der Waals surface area contributed by atoms with Crippen LogP contribution < -0.4 is 10.9 Å². The molecule has 0 rings (SSSR count). The molecule has 0 aromatic heterocycles. The minimum absolute atomic E-state index is 0.190. The summed E-state index contributed by atoms with van der Waals surface area (Å²) in [6, 6.07) is -0.364. The predicted molar refractivity (Wildman–Crippen MR) is 157 cm³/mol. The second kappa shape index (κ2) is 26.5. The zero-order valence-corrected chi connectivity index (χ0v) is 25.0. The maximum absolute atomic E-state index is 13.3.